The number of nitrogens with zero attached hydrogens (tertiary/aromatic N) is 2. The Morgan fingerprint density at radius 1 is 1.06 bits per heavy atom. The minimum atomic E-state index is -0.692. The summed E-state index contributed by atoms with van der Waals surface area (Å²) in [5.41, 5.74) is 9.22. The van der Waals surface area contributed by atoms with E-state index in [0.29, 0.717) is 53.5 Å². The van der Waals surface area contributed by atoms with Crippen LogP contribution in [-0.4, -0.2) is 38.8 Å². The number of amides is 1. The predicted molar refractivity (Wildman–Crippen MR) is 132 cm³/mol. The van der Waals surface area contributed by atoms with Gasteiger partial charge in [0.1, 0.15) is 0 Å². The fraction of sp³-hybridized carbons (Fsp3) is 0.200. The van der Waals surface area contributed by atoms with Crippen LogP contribution in [0, 0.1) is 0 Å². The molecule has 0 fully saturated rings. The first-order chi connectivity index (χ1) is 16.1. The number of aromatic amines is 1. The molecule has 0 spiro atoms. The fourth-order valence-electron chi connectivity index (χ4n) is 4.45. The molecular formula is C25H24ClN5O3. The normalized spacial score (nSPS) is 12.7. The van der Waals surface area contributed by atoms with E-state index < -0.39 is 6.04 Å². The topological polar surface area (TPSA) is 123 Å². The Bertz CT molecular complexity index is 1430. The van der Waals surface area contributed by atoms with Crippen LogP contribution >= 0.6 is 12.4 Å². The molecule has 2 aromatic heterocycles. The summed E-state index contributed by atoms with van der Waals surface area (Å²) in [5, 5.41) is 4.03. The molecule has 1 amide bonds. The van der Waals surface area contributed by atoms with E-state index in [-0.39, 0.29) is 29.7 Å². The summed E-state index contributed by atoms with van der Waals surface area (Å²) in [7, 11) is 0. The third-order valence-corrected chi connectivity index (χ3v) is 6.02. The van der Waals surface area contributed by atoms with Crippen molar-refractivity contribution in [2.75, 3.05) is 6.54 Å². The number of carbonyl (C=O) groups excluding carboxylic acids is 2. The van der Waals surface area contributed by atoms with Crippen molar-refractivity contribution in [1.29, 1.82) is 0 Å². The highest BCUT2D eigenvalue weighted by atomic mass is 35.5. The summed E-state index contributed by atoms with van der Waals surface area (Å²) in [5.74, 6) is -0.329. The third kappa shape index (κ3) is 4.02. The highest BCUT2D eigenvalue weighted by Crippen LogP contribution is 2.39. The van der Waals surface area contributed by atoms with Crippen LogP contribution in [0.5, 0.6) is 0 Å². The van der Waals surface area contributed by atoms with Gasteiger partial charge in [0.25, 0.3) is 5.56 Å². The molecule has 1 aliphatic rings. The van der Waals surface area contributed by atoms with Gasteiger partial charge in [0.15, 0.2) is 5.78 Å². The van der Waals surface area contributed by atoms with Crippen LogP contribution < -0.4 is 16.6 Å². The number of halogens is 1. The lowest BCUT2D eigenvalue weighted by molar-refractivity contribution is -0.122. The van der Waals surface area contributed by atoms with Crippen molar-refractivity contribution in [3.63, 3.8) is 0 Å². The van der Waals surface area contributed by atoms with E-state index in [9.17, 15) is 14.4 Å². The number of aromatic nitrogens is 3. The number of pyridine rings is 1. The van der Waals surface area contributed by atoms with E-state index in [0.717, 1.165) is 11.3 Å². The van der Waals surface area contributed by atoms with Crippen molar-refractivity contribution in [3.05, 3.63) is 88.2 Å². The van der Waals surface area contributed by atoms with Gasteiger partial charge < -0.3 is 20.6 Å². The lowest BCUT2D eigenvalue weighted by Crippen LogP contribution is -2.42. The van der Waals surface area contributed by atoms with Crippen molar-refractivity contribution < 1.29 is 9.59 Å². The summed E-state index contributed by atoms with van der Waals surface area (Å²) in [4.78, 5) is 45.7. The maximum absolute atomic E-state index is 13.4. The van der Waals surface area contributed by atoms with Gasteiger partial charge >= 0.3 is 0 Å². The van der Waals surface area contributed by atoms with Crippen LogP contribution in [0.15, 0.2) is 65.8 Å². The maximum atomic E-state index is 13.4. The molecule has 34 heavy (non-hydrogen) atoms. The first-order valence-corrected chi connectivity index (χ1v) is 10.9. The number of rotatable bonds is 7. The highest BCUT2D eigenvalue weighted by Gasteiger charge is 2.32. The Hall–Kier alpha value is -3.75. The molecule has 4 N–H and O–H groups in total. The number of hydrogen-bond acceptors (Lipinski definition) is 5. The van der Waals surface area contributed by atoms with Crippen molar-refractivity contribution in [1.82, 2.24) is 19.9 Å². The zero-order chi connectivity index (χ0) is 22.9. The minimum Gasteiger partial charge on any atom is -0.355 e. The second-order valence-corrected chi connectivity index (χ2v) is 8.13. The SMILES string of the molecule is Cl.NC(Cc1cnc[nH]1)C(=O)NCCCn1c2c(c3ccccc3c1=O)C(=O)c1ccccc1-2. The molecule has 0 saturated heterocycles. The fourth-order valence-corrected chi connectivity index (χ4v) is 4.45. The van der Waals surface area contributed by atoms with Gasteiger partial charge in [-0.3, -0.25) is 14.4 Å². The predicted octanol–water partition coefficient (Wildman–Crippen LogP) is 2.43. The monoisotopic (exact) mass is 477 g/mol. The van der Waals surface area contributed by atoms with E-state index in [1.165, 1.54) is 0 Å². The zero-order valence-electron chi connectivity index (χ0n) is 18.3. The molecule has 1 aliphatic carbocycles. The van der Waals surface area contributed by atoms with Gasteiger partial charge in [-0.1, -0.05) is 42.5 Å². The molecule has 1 unspecified atom stereocenters. The number of carbonyl (C=O) groups is 2. The smallest absolute Gasteiger partial charge is 0.258 e. The average Bonchev–Trinajstić information content (AvgIpc) is 3.45. The van der Waals surface area contributed by atoms with Gasteiger partial charge in [0.05, 0.1) is 23.6 Å². The van der Waals surface area contributed by atoms with Crippen LogP contribution in [0.2, 0.25) is 0 Å². The van der Waals surface area contributed by atoms with Crippen molar-refractivity contribution in [2.45, 2.75) is 25.4 Å². The van der Waals surface area contributed by atoms with E-state index in [1.807, 2.05) is 30.3 Å². The van der Waals surface area contributed by atoms with Crippen LogP contribution in [0.4, 0.5) is 0 Å². The Morgan fingerprint density at radius 2 is 1.76 bits per heavy atom. The van der Waals surface area contributed by atoms with E-state index in [2.05, 4.69) is 15.3 Å². The maximum Gasteiger partial charge on any atom is 0.258 e. The number of fused-ring (bicyclic) bond motifs is 5. The van der Waals surface area contributed by atoms with E-state index in [4.69, 9.17) is 5.73 Å². The Kier molecular flexibility index (Phi) is 6.63. The lowest BCUT2D eigenvalue weighted by atomic mass is 10.0. The first-order valence-electron chi connectivity index (χ1n) is 10.9. The summed E-state index contributed by atoms with van der Waals surface area (Å²) >= 11 is 0. The Morgan fingerprint density at radius 3 is 2.50 bits per heavy atom. The van der Waals surface area contributed by atoms with Crippen molar-refractivity contribution in [3.8, 4) is 11.3 Å². The van der Waals surface area contributed by atoms with Crippen LogP contribution in [0.25, 0.3) is 22.0 Å². The number of hydrogen-bond donors (Lipinski definition) is 3. The number of nitrogens with two attached hydrogens (primary N) is 1. The van der Waals surface area contributed by atoms with Gasteiger partial charge in [-0.2, -0.15) is 0 Å². The molecule has 0 aliphatic heterocycles. The van der Waals surface area contributed by atoms with Crippen LogP contribution in [-0.2, 0) is 17.8 Å². The van der Waals surface area contributed by atoms with Gasteiger partial charge in [-0.05, 0) is 12.5 Å². The number of ketones is 1. The van der Waals surface area contributed by atoms with Crippen LogP contribution in [0.1, 0.15) is 28.0 Å². The van der Waals surface area contributed by atoms with Gasteiger partial charge in [0.2, 0.25) is 5.91 Å². The summed E-state index contributed by atoms with van der Waals surface area (Å²) < 4.78 is 1.66. The van der Waals surface area contributed by atoms with Crippen molar-refractivity contribution >= 4 is 34.9 Å². The average molecular weight is 478 g/mol. The second-order valence-electron chi connectivity index (χ2n) is 8.13. The molecule has 2 heterocycles. The zero-order valence-corrected chi connectivity index (χ0v) is 19.1. The molecule has 0 saturated carbocycles. The molecule has 0 radical (unpaired) electrons. The minimum absolute atomic E-state index is 0. The quantitative estimate of drug-likeness (QED) is 0.311. The molecule has 4 aromatic rings. The lowest BCUT2D eigenvalue weighted by Gasteiger charge is -2.16. The summed E-state index contributed by atoms with van der Waals surface area (Å²) in [6.07, 6.45) is 4.06. The van der Waals surface area contributed by atoms with E-state index in [1.54, 1.807) is 35.3 Å². The largest absolute Gasteiger partial charge is 0.355 e. The van der Waals surface area contributed by atoms with E-state index >= 15 is 0 Å². The first kappa shape index (κ1) is 23.4. The highest BCUT2D eigenvalue weighted by molar-refractivity contribution is 6.26. The summed E-state index contributed by atoms with van der Waals surface area (Å²) in [6, 6.07) is 13.9. The Balaban J connectivity index is 0.00000274. The molecule has 2 aromatic carbocycles. The molecule has 0 bridgehead atoms. The second kappa shape index (κ2) is 9.62. The number of imidazole rings is 1. The molecular weight excluding hydrogens is 454 g/mol. The molecule has 174 valence electrons. The van der Waals surface area contributed by atoms with Gasteiger partial charge in [-0.15, -0.1) is 12.4 Å². The van der Waals surface area contributed by atoms with Crippen LogP contribution in [0.3, 0.4) is 0 Å². The number of nitrogens with one attached hydrogen (secondary N) is 2. The number of benzene rings is 2. The molecule has 8 nitrogen and oxygen atoms in total. The van der Waals surface area contributed by atoms with Gasteiger partial charge in [-0.25, -0.2) is 4.98 Å². The third-order valence-electron chi connectivity index (χ3n) is 6.02. The molecule has 5 rings (SSSR count). The summed E-state index contributed by atoms with van der Waals surface area (Å²) in [6.45, 7) is 0.725. The molecule has 9 heteroatoms. The molecule has 1 atom stereocenters. The number of H-pyrrole nitrogens is 1. The standard InChI is InChI=1S/C25H23N5O3.ClH/c26-20(12-15-13-27-14-29-15)24(32)28-10-5-11-30-22-17-7-2-3-8-18(17)23(31)21(22)16-6-1-4-9-19(16)25(30)33;/h1-4,6-9,13-14,20H,5,10-12,26H2,(H,27,29)(H,28,32);1H. The Labute approximate surface area is 201 Å². The van der Waals surface area contributed by atoms with Crippen molar-refractivity contribution in [2.24, 2.45) is 5.73 Å². The van der Waals surface area contributed by atoms with Gasteiger partial charge in [0, 0.05) is 53.3 Å².